The molecule has 0 bridgehead atoms. The Bertz CT molecular complexity index is 548. The van der Waals surface area contributed by atoms with Crippen molar-refractivity contribution >= 4 is 34.4 Å². The molecular weight excluding hydrogens is 294 g/mol. The third-order valence-electron chi connectivity index (χ3n) is 3.13. The Labute approximate surface area is 125 Å². The number of hydrogen-bond acceptors (Lipinski definition) is 5. The number of carboxylic acids is 1. The first-order chi connectivity index (χ1) is 9.94. The monoisotopic (exact) mass is 311 g/mol. The minimum absolute atomic E-state index is 0.00586. The highest BCUT2D eigenvalue weighted by atomic mass is 32.1. The molecule has 0 spiro atoms. The number of carbonyl (C=O) groups is 3. The van der Waals surface area contributed by atoms with Crippen LogP contribution in [0.2, 0.25) is 0 Å². The molecule has 8 heteroatoms. The summed E-state index contributed by atoms with van der Waals surface area (Å²) in [5.41, 5.74) is 1.02. The summed E-state index contributed by atoms with van der Waals surface area (Å²) >= 11 is 1.43. The van der Waals surface area contributed by atoms with Crippen LogP contribution in [0.25, 0.3) is 0 Å². The highest BCUT2D eigenvalue weighted by Crippen LogP contribution is 2.30. The molecule has 0 radical (unpaired) electrons. The minimum atomic E-state index is -0.961. The van der Waals surface area contributed by atoms with Gasteiger partial charge in [0.05, 0.1) is 5.69 Å². The SMILES string of the molecule is CC(CC(=O)O)CC(=O)NC(=O)Nc1nc2c(s1)CCC2. The van der Waals surface area contributed by atoms with Crippen molar-refractivity contribution in [2.75, 3.05) is 5.32 Å². The second kappa shape index (κ2) is 6.66. The highest BCUT2D eigenvalue weighted by Gasteiger charge is 2.19. The standard InChI is InChI=1S/C13H17N3O4S/c1-7(6-11(18)19)5-10(17)15-12(20)16-13-14-8-3-2-4-9(8)21-13/h7H,2-6H2,1H3,(H,18,19)(H2,14,15,16,17,20). The van der Waals surface area contributed by atoms with Crippen molar-refractivity contribution in [2.45, 2.75) is 39.0 Å². The zero-order valence-corrected chi connectivity index (χ0v) is 12.5. The van der Waals surface area contributed by atoms with Gasteiger partial charge in [0.15, 0.2) is 5.13 Å². The lowest BCUT2D eigenvalue weighted by molar-refractivity contribution is -0.138. The van der Waals surface area contributed by atoms with E-state index < -0.39 is 17.9 Å². The molecule has 2 rings (SSSR count). The van der Waals surface area contributed by atoms with Gasteiger partial charge in [0.2, 0.25) is 5.91 Å². The maximum absolute atomic E-state index is 11.7. The number of imide groups is 1. The van der Waals surface area contributed by atoms with Crippen LogP contribution in [-0.4, -0.2) is 28.0 Å². The predicted molar refractivity (Wildman–Crippen MR) is 77.3 cm³/mol. The molecule has 1 heterocycles. The normalized spacial score (nSPS) is 14.3. The Kier molecular flexibility index (Phi) is 4.89. The smallest absolute Gasteiger partial charge is 0.327 e. The van der Waals surface area contributed by atoms with Crippen LogP contribution in [0.3, 0.4) is 0 Å². The van der Waals surface area contributed by atoms with Gasteiger partial charge < -0.3 is 5.11 Å². The van der Waals surface area contributed by atoms with Gasteiger partial charge in [-0.3, -0.25) is 20.2 Å². The Hall–Kier alpha value is -1.96. The largest absolute Gasteiger partial charge is 0.481 e. The Morgan fingerprint density at radius 2 is 2.10 bits per heavy atom. The molecule has 0 saturated carbocycles. The summed E-state index contributed by atoms with van der Waals surface area (Å²) in [6.45, 7) is 1.65. The number of aromatic nitrogens is 1. The maximum Gasteiger partial charge on any atom is 0.327 e. The van der Waals surface area contributed by atoms with Crippen molar-refractivity contribution in [3.05, 3.63) is 10.6 Å². The van der Waals surface area contributed by atoms with Crippen LogP contribution in [0, 0.1) is 5.92 Å². The quantitative estimate of drug-likeness (QED) is 0.768. The molecule has 0 saturated heterocycles. The number of aliphatic carboxylic acids is 1. The average molecular weight is 311 g/mol. The van der Waals surface area contributed by atoms with Gasteiger partial charge in [-0.15, -0.1) is 11.3 Å². The highest BCUT2D eigenvalue weighted by molar-refractivity contribution is 7.15. The number of nitrogens with zero attached hydrogens (tertiary/aromatic N) is 1. The molecule has 21 heavy (non-hydrogen) atoms. The number of nitrogens with one attached hydrogen (secondary N) is 2. The van der Waals surface area contributed by atoms with Crippen LogP contribution in [-0.2, 0) is 22.4 Å². The number of carboxylic acid groups (broad SMARTS) is 1. The number of anilines is 1. The van der Waals surface area contributed by atoms with Crippen molar-refractivity contribution in [2.24, 2.45) is 5.92 Å². The number of thiazole rings is 1. The summed E-state index contributed by atoms with van der Waals surface area (Å²) in [4.78, 5) is 39.2. The van der Waals surface area contributed by atoms with Gasteiger partial charge in [-0.1, -0.05) is 6.92 Å². The summed E-state index contributed by atoms with van der Waals surface area (Å²) in [7, 11) is 0. The Balaban J connectivity index is 1.78. The van der Waals surface area contributed by atoms with Gasteiger partial charge in [0.1, 0.15) is 0 Å². The van der Waals surface area contributed by atoms with Crippen molar-refractivity contribution in [3.63, 3.8) is 0 Å². The molecule has 1 aliphatic carbocycles. The van der Waals surface area contributed by atoms with E-state index in [0.717, 1.165) is 25.0 Å². The van der Waals surface area contributed by atoms with Crippen LogP contribution >= 0.6 is 11.3 Å². The van der Waals surface area contributed by atoms with Crippen molar-refractivity contribution in [1.29, 1.82) is 0 Å². The molecule has 1 atom stereocenters. The van der Waals surface area contributed by atoms with Crippen LogP contribution in [0.15, 0.2) is 0 Å². The molecule has 1 aromatic heterocycles. The lowest BCUT2D eigenvalue weighted by Crippen LogP contribution is -2.35. The van der Waals surface area contributed by atoms with Crippen LogP contribution < -0.4 is 10.6 Å². The van der Waals surface area contributed by atoms with E-state index in [1.165, 1.54) is 16.2 Å². The lowest BCUT2D eigenvalue weighted by atomic mass is 10.0. The molecular formula is C13H17N3O4S. The van der Waals surface area contributed by atoms with Crippen LogP contribution in [0.4, 0.5) is 9.93 Å². The minimum Gasteiger partial charge on any atom is -0.481 e. The fourth-order valence-electron chi connectivity index (χ4n) is 2.24. The second-order valence-electron chi connectivity index (χ2n) is 5.15. The molecule has 3 N–H and O–H groups in total. The Morgan fingerprint density at radius 1 is 1.33 bits per heavy atom. The number of urea groups is 1. The van der Waals surface area contributed by atoms with Gasteiger partial charge in [-0.2, -0.15) is 0 Å². The zero-order chi connectivity index (χ0) is 15.4. The number of amides is 3. The molecule has 114 valence electrons. The molecule has 1 unspecified atom stereocenters. The summed E-state index contributed by atoms with van der Waals surface area (Å²) in [6.07, 6.45) is 2.91. The molecule has 0 aliphatic heterocycles. The van der Waals surface area contributed by atoms with Gasteiger partial charge in [0, 0.05) is 17.7 Å². The molecule has 0 aromatic carbocycles. The Morgan fingerprint density at radius 3 is 2.76 bits per heavy atom. The number of carbonyl (C=O) groups excluding carboxylic acids is 2. The molecule has 0 fully saturated rings. The first-order valence-corrected chi connectivity index (χ1v) is 7.57. The van der Waals surface area contributed by atoms with Crippen molar-refractivity contribution in [1.82, 2.24) is 10.3 Å². The summed E-state index contributed by atoms with van der Waals surface area (Å²) < 4.78 is 0. The topological polar surface area (TPSA) is 108 Å². The molecule has 7 nitrogen and oxygen atoms in total. The molecule has 3 amide bonds. The third-order valence-corrected chi connectivity index (χ3v) is 4.20. The predicted octanol–water partition coefficient (Wildman–Crippen LogP) is 1.78. The van der Waals surface area contributed by atoms with Gasteiger partial charge >= 0.3 is 12.0 Å². The van der Waals surface area contributed by atoms with Gasteiger partial charge in [-0.25, -0.2) is 9.78 Å². The molecule has 1 aliphatic rings. The van der Waals surface area contributed by atoms with Gasteiger partial charge in [0.25, 0.3) is 0 Å². The van der Waals surface area contributed by atoms with E-state index in [1.54, 1.807) is 6.92 Å². The maximum atomic E-state index is 11.7. The van der Waals surface area contributed by atoms with E-state index >= 15 is 0 Å². The number of fused-ring (bicyclic) bond motifs is 1. The van der Waals surface area contributed by atoms with Crippen molar-refractivity contribution in [3.8, 4) is 0 Å². The van der Waals surface area contributed by atoms with E-state index in [0.29, 0.717) is 5.13 Å². The first kappa shape index (κ1) is 15.4. The van der Waals surface area contributed by atoms with Crippen molar-refractivity contribution < 1.29 is 19.5 Å². The number of rotatable bonds is 5. The fourth-order valence-corrected chi connectivity index (χ4v) is 3.28. The van der Waals surface area contributed by atoms with Crippen LogP contribution in [0.5, 0.6) is 0 Å². The van der Waals surface area contributed by atoms with E-state index in [4.69, 9.17) is 5.11 Å². The first-order valence-electron chi connectivity index (χ1n) is 6.75. The summed E-state index contributed by atoms with van der Waals surface area (Å²) in [5, 5.41) is 13.8. The third kappa shape index (κ3) is 4.52. The van der Waals surface area contributed by atoms with E-state index in [1.807, 2.05) is 0 Å². The lowest BCUT2D eigenvalue weighted by Gasteiger charge is -2.08. The fraction of sp³-hybridized carbons (Fsp3) is 0.538. The van der Waals surface area contributed by atoms with E-state index in [-0.39, 0.29) is 18.8 Å². The summed E-state index contributed by atoms with van der Waals surface area (Å²) in [6, 6.07) is -0.630. The average Bonchev–Trinajstić information content (AvgIpc) is 2.86. The zero-order valence-electron chi connectivity index (χ0n) is 11.6. The molecule has 1 aromatic rings. The van der Waals surface area contributed by atoms with Gasteiger partial charge in [-0.05, 0) is 25.2 Å². The van der Waals surface area contributed by atoms with E-state index in [2.05, 4.69) is 15.6 Å². The summed E-state index contributed by atoms with van der Waals surface area (Å²) in [5.74, 6) is -1.78. The number of hydrogen-bond donors (Lipinski definition) is 3. The second-order valence-corrected chi connectivity index (χ2v) is 6.24. The van der Waals surface area contributed by atoms with Crippen LogP contribution in [0.1, 0.15) is 36.8 Å². The van der Waals surface area contributed by atoms with E-state index in [9.17, 15) is 14.4 Å². The number of aryl methyl sites for hydroxylation is 2.